The summed E-state index contributed by atoms with van der Waals surface area (Å²) in [6.07, 6.45) is 2.76. The van der Waals surface area contributed by atoms with Crippen molar-refractivity contribution in [3.8, 4) is 0 Å². The van der Waals surface area contributed by atoms with Crippen LogP contribution in [-0.4, -0.2) is 28.7 Å². The molecule has 1 aromatic carbocycles. The van der Waals surface area contributed by atoms with E-state index < -0.39 is 28.9 Å². The van der Waals surface area contributed by atoms with Gasteiger partial charge in [0.1, 0.15) is 0 Å². The number of alkyl halides is 1. The summed E-state index contributed by atoms with van der Waals surface area (Å²) >= 11 is 3.24. The van der Waals surface area contributed by atoms with Crippen molar-refractivity contribution in [2.75, 3.05) is 11.9 Å². The van der Waals surface area contributed by atoms with E-state index in [1.54, 1.807) is 0 Å². The molecule has 0 saturated heterocycles. The number of halogens is 4. The molecule has 1 amide bonds. The summed E-state index contributed by atoms with van der Waals surface area (Å²) < 4.78 is 39.7. The average molecular weight is 336 g/mol. The maximum atomic E-state index is 13.6. The summed E-state index contributed by atoms with van der Waals surface area (Å²) in [5.41, 5.74) is -0.410. The topological polar surface area (TPSA) is 20.3 Å². The van der Waals surface area contributed by atoms with Crippen molar-refractivity contribution in [3.05, 3.63) is 35.1 Å². The number of rotatable bonds is 4. The normalized spacial score (nSPS) is 15.2. The van der Waals surface area contributed by atoms with Crippen LogP contribution in [0.1, 0.15) is 29.6 Å². The maximum Gasteiger partial charge on any atom is 0.257 e. The zero-order valence-electron chi connectivity index (χ0n) is 10.1. The van der Waals surface area contributed by atoms with Crippen LogP contribution in [0.4, 0.5) is 13.2 Å². The first-order valence-electron chi connectivity index (χ1n) is 6.06. The number of hydrogen-bond donors (Lipinski definition) is 0. The van der Waals surface area contributed by atoms with Crippen molar-refractivity contribution in [2.45, 2.75) is 25.3 Å². The van der Waals surface area contributed by atoms with Crippen molar-refractivity contribution in [1.29, 1.82) is 0 Å². The molecule has 0 aromatic heterocycles. The molecular weight excluding hydrogens is 323 g/mol. The first-order valence-corrected chi connectivity index (χ1v) is 7.19. The second-order valence-corrected chi connectivity index (χ2v) is 5.29. The molecule has 1 saturated carbocycles. The predicted molar refractivity (Wildman–Crippen MR) is 68.8 cm³/mol. The van der Waals surface area contributed by atoms with Gasteiger partial charge in [0, 0.05) is 17.9 Å². The summed E-state index contributed by atoms with van der Waals surface area (Å²) in [5.74, 6) is -4.88. The molecule has 0 aliphatic heterocycles. The lowest BCUT2D eigenvalue weighted by atomic mass is 9.91. The summed E-state index contributed by atoms with van der Waals surface area (Å²) in [6.45, 7) is 0.419. The molecule has 0 unspecified atom stereocenters. The molecule has 1 aliphatic rings. The van der Waals surface area contributed by atoms with Crippen LogP contribution in [0.15, 0.2) is 12.1 Å². The van der Waals surface area contributed by atoms with Crippen LogP contribution in [0.5, 0.6) is 0 Å². The van der Waals surface area contributed by atoms with Gasteiger partial charge in [-0.2, -0.15) is 0 Å². The Bertz CT molecular complexity index is 491. The molecule has 1 aromatic rings. The third-order valence-electron chi connectivity index (χ3n) is 3.37. The standard InChI is InChI=1S/C13H13BrF3NO/c14-6-7-18(8-2-1-3-8)13(19)9-4-5-10(15)12(17)11(9)16/h4-5,8H,1-3,6-7H2. The highest BCUT2D eigenvalue weighted by Gasteiger charge is 2.31. The molecule has 2 nitrogen and oxygen atoms in total. The fourth-order valence-electron chi connectivity index (χ4n) is 2.09. The molecule has 0 spiro atoms. The van der Waals surface area contributed by atoms with Gasteiger partial charge in [-0.05, 0) is 31.4 Å². The molecular formula is C13H13BrF3NO. The Morgan fingerprint density at radius 3 is 2.47 bits per heavy atom. The highest BCUT2D eigenvalue weighted by molar-refractivity contribution is 9.09. The van der Waals surface area contributed by atoms with Crippen molar-refractivity contribution >= 4 is 21.8 Å². The minimum Gasteiger partial charge on any atom is -0.335 e. The second-order valence-electron chi connectivity index (χ2n) is 4.50. The summed E-state index contributed by atoms with van der Waals surface area (Å²) in [4.78, 5) is 13.8. The molecule has 0 atom stereocenters. The Kier molecular flexibility index (Phi) is 4.50. The van der Waals surface area contributed by atoms with Crippen molar-refractivity contribution < 1.29 is 18.0 Å². The van der Waals surface area contributed by atoms with Crippen LogP contribution in [0.3, 0.4) is 0 Å². The lowest BCUT2D eigenvalue weighted by molar-refractivity contribution is 0.0593. The Morgan fingerprint density at radius 2 is 1.95 bits per heavy atom. The number of carbonyl (C=O) groups is 1. The number of hydrogen-bond acceptors (Lipinski definition) is 1. The molecule has 0 bridgehead atoms. The molecule has 0 N–H and O–H groups in total. The Labute approximate surface area is 117 Å². The number of nitrogens with zero attached hydrogens (tertiary/aromatic N) is 1. The molecule has 0 radical (unpaired) electrons. The Morgan fingerprint density at radius 1 is 1.26 bits per heavy atom. The fourth-order valence-corrected chi connectivity index (χ4v) is 2.47. The maximum absolute atomic E-state index is 13.6. The molecule has 1 aliphatic carbocycles. The third-order valence-corrected chi connectivity index (χ3v) is 3.72. The van der Waals surface area contributed by atoms with Crippen molar-refractivity contribution in [1.82, 2.24) is 4.90 Å². The van der Waals surface area contributed by atoms with E-state index in [1.165, 1.54) is 4.90 Å². The number of benzene rings is 1. The van der Waals surface area contributed by atoms with Crippen molar-refractivity contribution in [3.63, 3.8) is 0 Å². The van der Waals surface area contributed by atoms with E-state index >= 15 is 0 Å². The first-order chi connectivity index (χ1) is 9.06. The lowest BCUT2D eigenvalue weighted by Crippen LogP contribution is -2.45. The summed E-state index contributed by atoms with van der Waals surface area (Å²) in [5, 5.41) is 0.556. The average Bonchev–Trinajstić information content (AvgIpc) is 2.33. The fraction of sp³-hybridized carbons (Fsp3) is 0.462. The van der Waals surface area contributed by atoms with Gasteiger partial charge in [0.25, 0.3) is 5.91 Å². The Hall–Kier alpha value is -1.04. The number of amides is 1. The largest absolute Gasteiger partial charge is 0.335 e. The SMILES string of the molecule is O=C(c1ccc(F)c(F)c1F)N(CCBr)C1CCC1. The number of carbonyl (C=O) groups excluding carboxylic acids is 1. The van der Waals surface area contributed by atoms with Gasteiger partial charge in [0.15, 0.2) is 17.5 Å². The van der Waals surface area contributed by atoms with Gasteiger partial charge in [0.05, 0.1) is 5.56 Å². The van der Waals surface area contributed by atoms with Crippen LogP contribution in [0.25, 0.3) is 0 Å². The monoisotopic (exact) mass is 335 g/mol. The minimum atomic E-state index is -1.60. The van der Waals surface area contributed by atoms with Gasteiger partial charge in [0.2, 0.25) is 0 Å². The van der Waals surface area contributed by atoms with Gasteiger partial charge >= 0.3 is 0 Å². The highest BCUT2D eigenvalue weighted by Crippen LogP contribution is 2.27. The Balaban J connectivity index is 2.28. The first kappa shape index (κ1) is 14.4. The van der Waals surface area contributed by atoms with Crippen LogP contribution < -0.4 is 0 Å². The molecule has 1 fully saturated rings. The molecule has 104 valence electrons. The molecule has 0 heterocycles. The van der Waals surface area contributed by atoms with Gasteiger partial charge in [-0.15, -0.1) is 0 Å². The van der Waals surface area contributed by atoms with Gasteiger partial charge < -0.3 is 4.90 Å². The zero-order valence-corrected chi connectivity index (χ0v) is 11.7. The van der Waals surface area contributed by atoms with Crippen LogP contribution in [0.2, 0.25) is 0 Å². The van der Waals surface area contributed by atoms with E-state index in [1.807, 2.05) is 0 Å². The smallest absolute Gasteiger partial charge is 0.257 e. The van der Waals surface area contributed by atoms with E-state index in [2.05, 4.69) is 15.9 Å². The van der Waals surface area contributed by atoms with E-state index in [0.717, 1.165) is 31.4 Å². The van der Waals surface area contributed by atoms with E-state index in [4.69, 9.17) is 0 Å². The zero-order chi connectivity index (χ0) is 14.0. The quantitative estimate of drug-likeness (QED) is 0.609. The second kappa shape index (κ2) is 5.94. The van der Waals surface area contributed by atoms with E-state index in [9.17, 15) is 18.0 Å². The third kappa shape index (κ3) is 2.78. The summed E-state index contributed by atoms with van der Waals surface area (Å²) in [6, 6.07) is 1.84. The van der Waals surface area contributed by atoms with Crippen LogP contribution >= 0.6 is 15.9 Å². The van der Waals surface area contributed by atoms with Crippen molar-refractivity contribution in [2.24, 2.45) is 0 Å². The lowest BCUT2D eigenvalue weighted by Gasteiger charge is -2.37. The molecule has 19 heavy (non-hydrogen) atoms. The molecule has 6 heteroatoms. The highest BCUT2D eigenvalue weighted by atomic mass is 79.9. The van der Waals surface area contributed by atoms with Crippen LogP contribution in [-0.2, 0) is 0 Å². The van der Waals surface area contributed by atoms with Gasteiger partial charge in [-0.1, -0.05) is 15.9 Å². The van der Waals surface area contributed by atoms with E-state index in [0.29, 0.717) is 11.9 Å². The van der Waals surface area contributed by atoms with Crippen LogP contribution in [0, 0.1) is 17.5 Å². The van der Waals surface area contributed by atoms with E-state index in [-0.39, 0.29) is 6.04 Å². The summed E-state index contributed by atoms with van der Waals surface area (Å²) in [7, 11) is 0. The predicted octanol–water partition coefficient (Wildman–Crippen LogP) is 3.49. The van der Waals surface area contributed by atoms with Gasteiger partial charge in [-0.25, -0.2) is 13.2 Å². The van der Waals surface area contributed by atoms with Gasteiger partial charge in [-0.3, -0.25) is 4.79 Å². The minimum absolute atomic E-state index is 0.0672. The molecule has 2 rings (SSSR count).